The quantitative estimate of drug-likeness (QED) is 0.422. The van der Waals surface area contributed by atoms with E-state index in [1.165, 1.54) is 50.6 Å². The Kier molecular flexibility index (Phi) is 5.31. The molecule has 0 amide bonds. The second-order valence-corrected chi connectivity index (χ2v) is 12.0. The Bertz CT molecular complexity index is 1350. The van der Waals surface area contributed by atoms with E-state index in [1.807, 2.05) is 15.9 Å². The molecular weight excluding hydrogens is 444 g/mol. The number of likely N-dealkylation sites (tertiary alicyclic amines) is 1. The van der Waals surface area contributed by atoms with E-state index in [-0.39, 0.29) is 0 Å². The van der Waals surface area contributed by atoms with Gasteiger partial charge in [-0.2, -0.15) is 5.10 Å². The van der Waals surface area contributed by atoms with E-state index in [0.717, 1.165) is 44.0 Å². The van der Waals surface area contributed by atoms with E-state index in [9.17, 15) is 0 Å². The van der Waals surface area contributed by atoms with Gasteiger partial charge in [0.15, 0.2) is 5.65 Å². The van der Waals surface area contributed by atoms with Crippen molar-refractivity contribution in [3.63, 3.8) is 0 Å². The van der Waals surface area contributed by atoms with Gasteiger partial charge in [-0.3, -0.25) is 0 Å². The first-order chi connectivity index (χ1) is 16.3. The van der Waals surface area contributed by atoms with Gasteiger partial charge in [-0.15, -0.1) is 11.3 Å². The van der Waals surface area contributed by atoms with Crippen LogP contribution >= 0.6 is 11.3 Å². The third kappa shape index (κ3) is 3.58. The molecule has 4 aromatic rings. The zero-order chi connectivity index (χ0) is 23.6. The maximum Gasteiger partial charge on any atom is 0.158 e. The van der Waals surface area contributed by atoms with Crippen LogP contribution in [-0.4, -0.2) is 62.3 Å². The largest absolute Gasteiger partial charge is 0.380 e. The molecule has 6 heterocycles. The summed E-state index contributed by atoms with van der Waals surface area (Å²) >= 11 is 1.86. The van der Waals surface area contributed by atoms with Crippen LogP contribution in [0.3, 0.4) is 0 Å². The topological polar surface area (TPSA) is 71.3 Å². The van der Waals surface area contributed by atoms with Crippen molar-refractivity contribution in [2.45, 2.75) is 59.3 Å². The highest BCUT2D eigenvalue weighted by molar-refractivity contribution is 7.18. The lowest BCUT2D eigenvalue weighted by atomic mass is 9.86. The Morgan fingerprint density at radius 2 is 1.97 bits per heavy atom. The summed E-state index contributed by atoms with van der Waals surface area (Å²) in [5.74, 6) is 0.934. The van der Waals surface area contributed by atoms with Crippen LogP contribution < -0.4 is 0 Å². The summed E-state index contributed by atoms with van der Waals surface area (Å²) in [4.78, 5) is 17.3. The van der Waals surface area contributed by atoms with E-state index in [0.29, 0.717) is 17.3 Å². The number of hydrogen-bond acceptors (Lipinski definition) is 6. The first-order valence-electron chi connectivity index (χ1n) is 12.5. The highest BCUT2D eigenvalue weighted by atomic mass is 32.1. The first-order valence-corrected chi connectivity index (χ1v) is 13.3. The normalized spacial score (nSPS) is 19.5. The molecule has 0 spiro atoms. The number of ether oxygens (including phenoxy) is 1. The molecule has 180 valence electrons. The monoisotopic (exact) mass is 478 g/mol. The number of piperidine rings is 1. The Morgan fingerprint density at radius 1 is 1.21 bits per heavy atom. The maximum absolute atomic E-state index is 5.45. The number of fused-ring (bicyclic) bond motifs is 2. The van der Waals surface area contributed by atoms with E-state index in [1.54, 1.807) is 6.33 Å². The number of aromatic amines is 1. The van der Waals surface area contributed by atoms with E-state index in [2.05, 4.69) is 60.8 Å². The molecule has 8 heteroatoms. The average molecular weight is 479 g/mol. The van der Waals surface area contributed by atoms with Gasteiger partial charge >= 0.3 is 0 Å². The second-order valence-electron chi connectivity index (χ2n) is 11.0. The predicted octanol–water partition coefficient (Wildman–Crippen LogP) is 5.29. The van der Waals surface area contributed by atoms with Gasteiger partial charge in [0.1, 0.15) is 16.7 Å². The number of rotatable bonds is 5. The number of thiazole rings is 1. The van der Waals surface area contributed by atoms with Crippen LogP contribution in [0.25, 0.3) is 27.3 Å². The average Bonchev–Trinajstić information content (AvgIpc) is 3.49. The molecule has 6 rings (SSSR count). The molecule has 2 fully saturated rings. The standard InChI is InChI=1S/C26H34N6OS/c1-15(2)20-21(19-10-32-23(27-14-28-32)17(4)16(19)3)29-25-22(20)30-24(34-25)18-6-8-31(9-7-18)11-26(5)12-33-13-26/h10,14-15,18,29H,6-9,11-13H2,1-5H3. The SMILES string of the molecule is Cc1c(-c2[nH]c3sc(C4CCN(CC5(C)COC5)CC4)nc3c2C(C)C)cn2ncnc2c1C. The molecule has 4 aromatic heterocycles. The fourth-order valence-corrected chi connectivity index (χ4v) is 6.88. The highest BCUT2D eigenvalue weighted by Gasteiger charge is 2.36. The third-order valence-electron chi connectivity index (χ3n) is 7.82. The van der Waals surface area contributed by atoms with Crippen LogP contribution in [0.1, 0.15) is 67.1 Å². The summed E-state index contributed by atoms with van der Waals surface area (Å²) in [5, 5.41) is 5.70. The molecule has 2 aliphatic rings. The lowest BCUT2D eigenvalue weighted by Gasteiger charge is -2.43. The van der Waals surface area contributed by atoms with Gasteiger partial charge in [0.05, 0.1) is 23.9 Å². The molecular formula is C26H34N6OS. The maximum atomic E-state index is 5.45. The van der Waals surface area contributed by atoms with Crippen molar-refractivity contribution >= 4 is 27.3 Å². The molecule has 0 atom stereocenters. The van der Waals surface area contributed by atoms with Crippen LogP contribution in [0.15, 0.2) is 12.5 Å². The molecule has 0 aromatic carbocycles. The van der Waals surface area contributed by atoms with Crippen LogP contribution in [0, 0.1) is 19.3 Å². The number of pyridine rings is 1. The van der Waals surface area contributed by atoms with Gasteiger partial charge in [-0.25, -0.2) is 14.5 Å². The molecule has 0 radical (unpaired) electrons. The number of nitrogens with one attached hydrogen (secondary N) is 1. The van der Waals surface area contributed by atoms with Crippen molar-refractivity contribution < 1.29 is 4.74 Å². The molecule has 0 unspecified atom stereocenters. The number of aromatic nitrogens is 5. The van der Waals surface area contributed by atoms with Gasteiger partial charge in [-0.05, 0) is 56.8 Å². The first kappa shape index (κ1) is 22.2. The zero-order valence-electron chi connectivity index (χ0n) is 20.8. The summed E-state index contributed by atoms with van der Waals surface area (Å²) in [6.45, 7) is 16.5. The Balaban J connectivity index is 1.30. The summed E-state index contributed by atoms with van der Waals surface area (Å²) in [6.07, 6.45) is 6.12. The predicted molar refractivity (Wildman–Crippen MR) is 137 cm³/mol. The number of hydrogen-bond donors (Lipinski definition) is 1. The Hall–Kier alpha value is -2.29. The summed E-state index contributed by atoms with van der Waals surface area (Å²) in [6, 6.07) is 0. The van der Waals surface area contributed by atoms with Crippen molar-refractivity contribution in [3.8, 4) is 11.3 Å². The van der Waals surface area contributed by atoms with Crippen LogP contribution in [0.2, 0.25) is 0 Å². The fourth-order valence-electron chi connectivity index (χ4n) is 5.73. The van der Waals surface area contributed by atoms with Crippen LogP contribution in [0.4, 0.5) is 0 Å². The number of H-pyrrole nitrogens is 1. The van der Waals surface area contributed by atoms with E-state index < -0.39 is 0 Å². The van der Waals surface area contributed by atoms with Crippen molar-refractivity contribution in [3.05, 3.63) is 34.2 Å². The lowest BCUT2D eigenvalue weighted by molar-refractivity contribution is -0.116. The molecule has 7 nitrogen and oxygen atoms in total. The summed E-state index contributed by atoms with van der Waals surface area (Å²) in [7, 11) is 0. The van der Waals surface area contributed by atoms with Gasteiger partial charge in [0, 0.05) is 35.2 Å². The minimum absolute atomic E-state index is 0.359. The summed E-state index contributed by atoms with van der Waals surface area (Å²) < 4.78 is 7.34. The van der Waals surface area contributed by atoms with Gasteiger partial charge < -0.3 is 14.6 Å². The van der Waals surface area contributed by atoms with Crippen molar-refractivity contribution in [2.24, 2.45) is 5.41 Å². The van der Waals surface area contributed by atoms with Gasteiger partial charge in [0.2, 0.25) is 0 Å². The minimum atomic E-state index is 0.359. The molecule has 2 aliphatic heterocycles. The van der Waals surface area contributed by atoms with Crippen molar-refractivity contribution in [2.75, 3.05) is 32.8 Å². The Morgan fingerprint density at radius 3 is 2.65 bits per heavy atom. The second kappa shape index (κ2) is 8.14. The zero-order valence-corrected chi connectivity index (χ0v) is 21.6. The summed E-state index contributed by atoms with van der Waals surface area (Å²) in [5.41, 5.74) is 8.54. The molecule has 34 heavy (non-hydrogen) atoms. The molecule has 0 aliphatic carbocycles. The van der Waals surface area contributed by atoms with Gasteiger partial charge in [0.25, 0.3) is 0 Å². The number of nitrogens with zero attached hydrogens (tertiary/aromatic N) is 5. The fraction of sp³-hybridized carbons (Fsp3) is 0.577. The highest BCUT2D eigenvalue weighted by Crippen LogP contribution is 2.42. The third-order valence-corrected chi connectivity index (χ3v) is 8.96. The lowest BCUT2D eigenvalue weighted by Crippen LogP contribution is -2.50. The number of aryl methyl sites for hydroxylation is 1. The molecule has 1 N–H and O–H groups in total. The molecule has 2 saturated heterocycles. The van der Waals surface area contributed by atoms with Gasteiger partial charge in [-0.1, -0.05) is 20.8 Å². The van der Waals surface area contributed by atoms with Crippen LogP contribution in [0.5, 0.6) is 0 Å². The molecule has 0 bridgehead atoms. The molecule has 0 saturated carbocycles. The van der Waals surface area contributed by atoms with Crippen LogP contribution in [-0.2, 0) is 4.74 Å². The Labute approximate surface area is 204 Å². The van der Waals surface area contributed by atoms with Crippen molar-refractivity contribution in [1.29, 1.82) is 0 Å². The van der Waals surface area contributed by atoms with E-state index in [4.69, 9.17) is 9.72 Å². The van der Waals surface area contributed by atoms with Crippen molar-refractivity contribution in [1.82, 2.24) is 29.5 Å². The smallest absolute Gasteiger partial charge is 0.158 e. The minimum Gasteiger partial charge on any atom is -0.380 e. The van der Waals surface area contributed by atoms with E-state index >= 15 is 0 Å².